The van der Waals surface area contributed by atoms with Crippen LogP contribution >= 0.6 is 15.9 Å². The summed E-state index contributed by atoms with van der Waals surface area (Å²) in [5.74, 6) is 2.10. The Hall–Kier alpha value is -1.75. The Labute approximate surface area is 120 Å². The molecule has 2 rings (SSSR count). The van der Waals surface area contributed by atoms with Crippen LogP contribution in [0.4, 0.5) is 0 Å². The van der Waals surface area contributed by atoms with Gasteiger partial charge in [0, 0.05) is 6.07 Å². The van der Waals surface area contributed by atoms with E-state index < -0.39 is 0 Å². The average Bonchev–Trinajstić information content (AvgIpc) is 2.46. The Balaban J connectivity index is 2.05. The van der Waals surface area contributed by atoms with Gasteiger partial charge in [-0.05, 0) is 40.2 Å². The van der Waals surface area contributed by atoms with Crippen molar-refractivity contribution in [3.8, 4) is 17.4 Å². The number of hydrogen-bond acceptors (Lipinski definition) is 4. The zero-order chi connectivity index (χ0) is 13.7. The quantitative estimate of drug-likeness (QED) is 0.845. The van der Waals surface area contributed by atoms with Crippen LogP contribution in [0.5, 0.6) is 17.4 Å². The second-order valence-corrected chi connectivity index (χ2v) is 4.61. The number of rotatable bonds is 5. The number of hydrogen-bond donors (Lipinski definition) is 0. The predicted molar refractivity (Wildman–Crippen MR) is 75.8 cm³/mol. The van der Waals surface area contributed by atoms with Gasteiger partial charge in [-0.3, -0.25) is 0 Å². The number of benzene rings is 1. The molecular formula is C14H14BrNO3. The van der Waals surface area contributed by atoms with Gasteiger partial charge in [-0.1, -0.05) is 6.07 Å². The van der Waals surface area contributed by atoms with Gasteiger partial charge in [-0.2, -0.15) is 0 Å². The number of aromatic nitrogens is 1. The molecule has 2 aromatic rings. The van der Waals surface area contributed by atoms with Gasteiger partial charge < -0.3 is 14.2 Å². The molecule has 0 saturated carbocycles. The number of nitrogens with zero attached hydrogens (tertiary/aromatic N) is 1. The lowest BCUT2D eigenvalue weighted by atomic mass is 10.3. The Bertz CT molecular complexity index is 560. The fraction of sp³-hybridized carbons (Fsp3) is 0.214. The van der Waals surface area contributed by atoms with E-state index in [-0.39, 0.29) is 0 Å². The largest absolute Gasteiger partial charge is 0.497 e. The van der Waals surface area contributed by atoms with E-state index in [2.05, 4.69) is 20.9 Å². The SMILES string of the molecule is COc1ccc(OCc2cccc(OC)n2)c(Br)c1. The lowest BCUT2D eigenvalue weighted by molar-refractivity contribution is 0.295. The average molecular weight is 324 g/mol. The van der Waals surface area contributed by atoms with Crippen molar-refractivity contribution in [3.63, 3.8) is 0 Å². The maximum atomic E-state index is 5.70. The minimum atomic E-state index is 0.377. The molecule has 0 radical (unpaired) electrons. The highest BCUT2D eigenvalue weighted by molar-refractivity contribution is 9.10. The smallest absolute Gasteiger partial charge is 0.213 e. The van der Waals surface area contributed by atoms with Crippen LogP contribution in [0, 0.1) is 0 Å². The molecule has 0 amide bonds. The third-order valence-electron chi connectivity index (χ3n) is 2.50. The minimum Gasteiger partial charge on any atom is -0.497 e. The van der Waals surface area contributed by atoms with E-state index in [1.807, 2.05) is 30.3 Å². The summed E-state index contributed by atoms with van der Waals surface area (Å²) in [6.07, 6.45) is 0. The molecule has 0 unspecified atom stereocenters. The normalized spacial score (nSPS) is 10.1. The fourth-order valence-corrected chi connectivity index (χ4v) is 2.00. The lowest BCUT2D eigenvalue weighted by Crippen LogP contribution is -2.00. The van der Waals surface area contributed by atoms with Crippen LogP contribution in [-0.2, 0) is 6.61 Å². The van der Waals surface area contributed by atoms with Crippen molar-refractivity contribution < 1.29 is 14.2 Å². The molecule has 1 aromatic carbocycles. The van der Waals surface area contributed by atoms with Crippen molar-refractivity contribution in [2.45, 2.75) is 6.61 Å². The summed E-state index contributed by atoms with van der Waals surface area (Å²) in [5, 5.41) is 0. The third-order valence-corrected chi connectivity index (χ3v) is 3.12. The highest BCUT2D eigenvalue weighted by atomic mass is 79.9. The van der Waals surface area contributed by atoms with E-state index in [4.69, 9.17) is 14.2 Å². The molecule has 0 saturated heterocycles. The van der Waals surface area contributed by atoms with Crippen LogP contribution in [0.1, 0.15) is 5.69 Å². The molecule has 0 N–H and O–H groups in total. The van der Waals surface area contributed by atoms with Crippen LogP contribution < -0.4 is 14.2 Å². The summed E-state index contributed by atoms with van der Waals surface area (Å²) < 4.78 is 16.7. The Morgan fingerprint density at radius 1 is 1.11 bits per heavy atom. The Morgan fingerprint density at radius 2 is 1.95 bits per heavy atom. The van der Waals surface area contributed by atoms with Crippen molar-refractivity contribution in [3.05, 3.63) is 46.6 Å². The predicted octanol–water partition coefficient (Wildman–Crippen LogP) is 3.44. The summed E-state index contributed by atoms with van der Waals surface area (Å²) in [6.45, 7) is 0.377. The van der Waals surface area contributed by atoms with Gasteiger partial charge in [-0.25, -0.2) is 4.98 Å². The number of methoxy groups -OCH3 is 2. The van der Waals surface area contributed by atoms with E-state index in [0.717, 1.165) is 21.7 Å². The van der Waals surface area contributed by atoms with Gasteiger partial charge in [0.1, 0.15) is 18.1 Å². The summed E-state index contributed by atoms with van der Waals surface area (Å²) in [4.78, 5) is 4.28. The molecule has 0 bridgehead atoms. The summed E-state index contributed by atoms with van der Waals surface area (Å²) in [7, 11) is 3.22. The molecule has 0 spiro atoms. The molecule has 1 heterocycles. The molecule has 1 aromatic heterocycles. The van der Waals surface area contributed by atoms with E-state index in [0.29, 0.717) is 12.5 Å². The minimum absolute atomic E-state index is 0.377. The van der Waals surface area contributed by atoms with Gasteiger partial charge in [0.05, 0.1) is 24.4 Å². The molecular weight excluding hydrogens is 310 g/mol. The lowest BCUT2D eigenvalue weighted by Gasteiger charge is -2.09. The first kappa shape index (κ1) is 13.7. The van der Waals surface area contributed by atoms with Gasteiger partial charge in [-0.15, -0.1) is 0 Å². The molecule has 0 aliphatic rings. The second-order valence-electron chi connectivity index (χ2n) is 3.76. The second kappa shape index (κ2) is 6.43. The van der Waals surface area contributed by atoms with Crippen molar-refractivity contribution >= 4 is 15.9 Å². The van der Waals surface area contributed by atoms with Gasteiger partial charge in [0.2, 0.25) is 5.88 Å². The highest BCUT2D eigenvalue weighted by Gasteiger charge is 2.04. The molecule has 100 valence electrons. The number of halogens is 1. The van der Waals surface area contributed by atoms with Crippen molar-refractivity contribution in [2.75, 3.05) is 14.2 Å². The number of pyridine rings is 1. The molecule has 5 heteroatoms. The van der Waals surface area contributed by atoms with Crippen LogP contribution in [0.2, 0.25) is 0 Å². The van der Waals surface area contributed by atoms with Gasteiger partial charge >= 0.3 is 0 Å². The summed E-state index contributed by atoms with van der Waals surface area (Å²) in [5.41, 5.74) is 0.807. The van der Waals surface area contributed by atoms with E-state index in [1.54, 1.807) is 20.3 Å². The molecule has 0 atom stereocenters. The maximum Gasteiger partial charge on any atom is 0.213 e. The standard InChI is InChI=1S/C14H14BrNO3/c1-17-11-6-7-13(12(15)8-11)19-9-10-4-3-5-14(16-10)18-2/h3-8H,9H2,1-2H3. The molecule has 19 heavy (non-hydrogen) atoms. The van der Waals surface area contributed by atoms with E-state index >= 15 is 0 Å². The molecule has 0 fully saturated rings. The molecule has 0 aliphatic heterocycles. The third kappa shape index (κ3) is 3.61. The summed E-state index contributed by atoms with van der Waals surface area (Å²) in [6, 6.07) is 11.1. The maximum absolute atomic E-state index is 5.70. The van der Waals surface area contributed by atoms with Crippen LogP contribution in [0.15, 0.2) is 40.9 Å². The van der Waals surface area contributed by atoms with Crippen LogP contribution in [-0.4, -0.2) is 19.2 Å². The first-order valence-electron chi connectivity index (χ1n) is 5.69. The Kier molecular flexibility index (Phi) is 4.63. The molecule has 0 aliphatic carbocycles. The fourth-order valence-electron chi connectivity index (χ4n) is 1.53. The van der Waals surface area contributed by atoms with Crippen molar-refractivity contribution in [2.24, 2.45) is 0 Å². The first-order chi connectivity index (χ1) is 9.22. The zero-order valence-electron chi connectivity index (χ0n) is 10.7. The van der Waals surface area contributed by atoms with Crippen molar-refractivity contribution in [1.82, 2.24) is 4.98 Å². The van der Waals surface area contributed by atoms with Gasteiger partial charge in [0.15, 0.2) is 0 Å². The van der Waals surface area contributed by atoms with E-state index in [9.17, 15) is 0 Å². The topological polar surface area (TPSA) is 40.6 Å². The van der Waals surface area contributed by atoms with Crippen molar-refractivity contribution in [1.29, 1.82) is 0 Å². The van der Waals surface area contributed by atoms with Gasteiger partial charge in [0.25, 0.3) is 0 Å². The first-order valence-corrected chi connectivity index (χ1v) is 6.48. The molecule has 4 nitrogen and oxygen atoms in total. The zero-order valence-corrected chi connectivity index (χ0v) is 12.3. The van der Waals surface area contributed by atoms with Crippen LogP contribution in [0.25, 0.3) is 0 Å². The monoisotopic (exact) mass is 323 g/mol. The highest BCUT2D eigenvalue weighted by Crippen LogP contribution is 2.29. The Morgan fingerprint density at radius 3 is 2.63 bits per heavy atom. The number of ether oxygens (including phenoxy) is 3. The van der Waals surface area contributed by atoms with E-state index in [1.165, 1.54) is 0 Å². The summed E-state index contributed by atoms with van der Waals surface area (Å²) >= 11 is 3.44. The van der Waals surface area contributed by atoms with Crippen LogP contribution in [0.3, 0.4) is 0 Å².